The summed E-state index contributed by atoms with van der Waals surface area (Å²) in [5.41, 5.74) is 1.03. The van der Waals surface area contributed by atoms with E-state index in [0.29, 0.717) is 18.8 Å². The number of carbonyl (C=O) groups is 1. The van der Waals surface area contributed by atoms with Gasteiger partial charge in [0.15, 0.2) is 12.6 Å². The fourth-order valence-electron chi connectivity index (χ4n) is 2.55. The van der Waals surface area contributed by atoms with Gasteiger partial charge in [-0.3, -0.25) is 9.79 Å². The minimum Gasteiger partial charge on any atom is -0.484 e. The molecule has 0 bridgehead atoms. The summed E-state index contributed by atoms with van der Waals surface area (Å²) in [6.45, 7) is 3.83. The molecule has 0 aromatic heterocycles. The Kier molecular flexibility index (Phi) is 10.6. The normalized spacial score (nSPS) is 11.1. The van der Waals surface area contributed by atoms with Crippen molar-refractivity contribution in [2.45, 2.75) is 24.8 Å². The van der Waals surface area contributed by atoms with Crippen LogP contribution in [0.2, 0.25) is 0 Å². The molecular weight excluding hydrogens is 403 g/mol. The fraction of sp³-hybridized carbons (Fsp3) is 0.364. The van der Waals surface area contributed by atoms with Crippen molar-refractivity contribution in [3.05, 3.63) is 59.9 Å². The van der Waals surface area contributed by atoms with Gasteiger partial charge in [0, 0.05) is 31.6 Å². The van der Waals surface area contributed by atoms with Gasteiger partial charge in [-0.15, -0.1) is 11.8 Å². The van der Waals surface area contributed by atoms with Gasteiger partial charge in [-0.05, 0) is 61.1 Å². The predicted molar refractivity (Wildman–Crippen MR) is 121 cm³/mol. The Morgan fingerprint density at radius 3 is 2.67 bits per heavy atom. The van der Waals surface area contributed by atoms with Crippen molar-refractivity contribution in [3.8, 4) is 5.75 Å². The highest BCUT2D eigenvalue weighted by Crippen LogP contribution is 2.18. The SMILES string of the molecule is CCNC(=O)COc1cccc(CNC(=NC)NCCCSc2ccc(F)cc2)c1. The Morgan fingerprint density at radius 1 is 1.13 bits per heavy atom. The minimum atomic E-state index is -0.213. The molecule has 2 aromatic carbocycles. The van der Waals surface area contributed by atoms with Crippen LogP contribution in [0.5, 0.6) is 5.75 Å². The molecule has 2 rings (SSSR count). The van der Waals surface area contributed by atoms with Crippen LogP contribution >= 0.6 is 11.8 Å². The molecular formula is C22H29FN4O2S. The van der Waals surface area contributed by atoms with E-state index in [9.17, 15) is 9.18 Å². The number of nitrogens with zero attached hydrogens (tertiary/aromatic N) is 1. The maximum absolute atomic E-state index is 12.9. The molecule has 1 amide bonds. The Balaban J connectivity index is 1.67. The molecule has 0 radical (unpaired) electrons. The Hall–Kier alpha value is -2.74. The fourth-order valence-corrected chi connectivity index (χ4v) is 3.40. The first-order valence-electron chi connectivity index (χ1n) is 9.92. The molecule has 0 heterocycles. The van der Waals surface area contributed by atoms with E-state index in [1.165, 1.54) is 12.1 Å². The van der Waals surface area contributed by atoms with Crippen LogP contribution in [0.1, 0.15) is 18.9 Å². The third kappa shape index (κ3) is 9.17. The molecule has 0 saturated carbocycles. The maximum atomic E-state index is 12.9. The number of amides is 1. The first kappa shape index (κ1) is 23.5. The van der Waals surface area contributed by atoms with Crippen LogP contribution in [0.4, 0.5) is 4.39 Å². The van der Waals surface area contributed by atoms with Gasteiger partial charge in [-0.1, -0.05) is 12.1 Å². The number of ether oxygens (including phenoxy) is 1. The van der Waals surface area contributed by atoms with Crippen molar-refractivity contribution in [3.63, 3.8) is 0 Å². The number of aliphatic imine (C=N–C) groups is 1. The van der Waals surface area contributed by atoms with E-state index in [1.807, 2.05) is 31.2 Å². The molecule has 0 saturated heterocycles. The second kappa shape index (κ2) is 13.5. The molecule has 0 atom stereocenters. The summed E-state index contributed by atoms with van der Waals surface area (Å²) < 4.78 is 18.4. The van der Waals surface area contributed by atoms with Crippen LogP contribution in [0, 0.1) is 5.82 Å². The first-order chi connectivity index (χ1) is 14.6. The lowest BCUT2D eigenvalue weighted by Gasteiger charge is -2.13. The maximum Gasteiger partial charge on any atom is 0.257 e. The average molecular weight is 433 g/mol. The van der Waals surface area contributed by atoms with Gasteiger partial charge >= 0.3 is 0 Å². The molecule has 0 aliphatic heterocycles. The van der Waals surface area contributed by atoms with Crippen molar-refractivity contribution < 1.29 is 13.9 Å². The predicted octanol–water partition coefficient (Wildman–Crippen LogP) is 3.19. The lowest BCUT2D eigenvalue weighted by molar-refractivity contribution is -0.122. The van der Waals surface area contributed by atoms with Gasteiger partial charge in [0.2, 0.25) is 0 Å². The van der Waals surface area contributed by atoms with Crippen LogP contribution in [-0.4, -0.2) is 44.4 Å². The second-order valence-electron chi connectivity index (χ2n) is 6.40. The minimum absolute atomic E-state index is 0.00385. The van der Waals surface area contributed by atoms with Crippen LogP contribution in [0.25, 0.3) is 0 Å². The van der Waals surface area contributed by atoms with Crippen LogP contribution in [0.3, 0.4) is 0 Å². The van der Waals surface area contributed by atoms with Crippen LogP contribution < -0.4 is 20.7 Å². The number of hydrogen-bond donors (Lipinski definition) is 3. The van der Waals surface area contributed by atoms with Crippen LogP contribution in [0.15, 0.2) is 58.4 Å². The number of nitrogens with one attached hydrogen (secondary N) is 3. The number of likely N-dealkylation sites (N-methyl/N-ethyl adjacent to an activating group) is 1. The third-order valence-electron chi connectivity index (χ3n) is 4.02. The lowest BCUT2D eigenvalue weighted by Crippen LogP contribution is -2.37. The molecule has 0 spiro atoms. The summed E-state index contributed by atoms with van der Waals surface area (Å²) in [6, 6.07) is 14.2. The number of rotatable bonds is 11. The summed E-state index contributed by atoms with van der Waals surface area (Å²) >= 11 is 1.70. The van der Waals surface area contributed by atoms with Gasteiger partial charge in [-0.2, -0.15) is 0 Å². The zero-order chi connectivity index (χ0) is 21.6. The largest absolute Gasteiger partial charge is 0.484 e. The number of halogens is 1. The standard InChI is InChI=1S/C22H29FN4O2S/c1-3-25-21(28)16-29-19-7-4-6-17(14-19)15-27-22(24-2)26-12-5-13-30-20-10-8-18(23)9-11-20/h4,6-11,14H,3,5,12-13,15-16H2,1-2H3,(H,25,28)(H2,24,26,27). The Labute approximate surface area is 181 Å². The molecule has 0 aliphatic carbocycles. The topological polar surface area (TPSA) is 74.8 Å². The van der Waals surface area contributed by atoms with Gasteiger partial charge < -0.3 is 20.7 Å². The first-order valence-corrected chi connectivity index (χ1v) is 10.9. The Morgan fingerprint density at radius 2 is 1.93 bits per heavy atom. The van der Waals surface area contributed by atoms with Gasteiger partial charge in [-0.25, -0.2) is 4.39 Å². The van der Waals surface area contributed by atoms with E-state index in [0.717, 1.165) is 35.1 Å². The summed E-state index contributed by atoms with van der Waals surface area (Å²) in [5.74, 6) is 1.95. The highest BCUT2D eigenvalue weighted by atomic mass is 32.2. The van der Waals surface area contributed by atoms with Gasteiger partial charge in [0.05, 0.1) is 0 Å². The smallest absolute Gasteiger partial charge is 0.257 e. The molecule has 8 heteroatoms. The molecule has 0 aliphatic rings. The van der Waals surface area contributed by atoms with Crippen molar-refractivity contribution >= 4 is 23.6 Å². The van der Waals surface area contributed by atoms with Crippen LogP contribution in [-0.2, 0) is 11.3 Å². The number of carbonyl (C=O) groups excluding carboxylic acids is 1. The Bertz CT molecular complexity index is 815. The summed E-state index contributed by atoms with van der Waals surface area (Å²) in [7, 11) is 1.73. The van der Waals surface area contributed by atoms with Crippen molar-refractivity contribution in [2.75, 3.05) is 32.5 Å². The average Bonchev–Trinajstić information content (AvgIpc) is 2.76. The van der Waals surface area contributed by atoms with Crippen molar-refractivity contribution in [1.29, 1.82) is 0 Å². The van der Waals surface area contributed by atoms with E-state index in [1.54, 1.807) is 30.9 Å². The number of thioether (sulfide) groups is 1. The molecule has 0 unspecified atom stereocenters. The lowest BCUT2D eigenvalue weighted by atomic mass is 10.2. The summed E-state index contributed by atoms with van der Waals surface area (Å²) in [6.07, 6.45) is 0.950. The van der Waals surface area contributed by atoms with Gasteiger partial charge in [0.25, 0.3) is 5.91 Å². The monoisotopic (exact) mass is 432 g/mol. The zero-order valence-electron chi connectivity index (χ0n) is 17.4. The van der Waals surface area contributed by atoms with E-state index < -0.39 is 0 Å². The number of hydrogen-bond acceptors (Lipinski definition) is 4. The quantitative estimate of drug-likeness (QED) is 0.220. The van der Waals surface area contributed by atoms with E-state index >= 15 is 0 Å². The molecule has 3 N–H and O–H groups in total. The molecule has 0 fully saturated rings. The highest BCUT2D eigenvalue weighted by Gasteiger charge is 2.03. The molecule has 30 heavy (non-hydrogen) atoms. The number of guanidine groups is 1. The molecule has 6 nitrogen and oxygen atoms in total. The summed E-state index contributed by atoms with van der Waals surface area (Å²) in [4.78, 5) is 16.8. The van der Waals surface area contributed by atoms with E-state index in [-0.39, 0.29) is 18.3 Å². The summed E-state index contributed by atoms with van der Waals surface area (Å²) in [5, 5.41) is 9.25. The molecule has 162 valence electrons. The number of benzene rings is 2. The second-order valence-corrected chi connectivity index (χ2v) is 7.57. The van der Waals surface area contributed by atoms with E-state index in [4.69, 9.17) is 4.74 Å². The highest BCUT2D eigenvalue weighted by molar-refractivity contribution is 7.99. The third-order valence-corrected chi connectivity index (χ3v) is 5.12. The van der Waals surface area contributed by atoms with E-state index in [2.05, 4.69) is 20.9 Å². The van der Waals surface area contributed by atoms with Crippen molar-refractivity contribution in [2.24, 2.45) is 4.99 Å². The molecule has 2 aromatic rings. The van der Waals surface area contributed by atoms with Crippen molar-refractivity contribution in [1.82, 2.24) is 16.0 Å². The zero-order valence-corrected chi connectivity index (χ0v) is 18.2. The van der Waals surface area contributed by atoms with Gasteiger partial charge in [0.1, 0.15) is 11.6 Å².